The molecule has 198 valence electrons. The Kier molecular flexibility index (Phi) is 5.28. The van der Waals surface area contributed by atoms with Gasteiger partial charge in [-0.25, -0.2) is 13.6 Å². The van der Waals surface area contributed by atoms with Gasteiger partial charge in [-0.05, 0) is 52.5 Å². The van der Waals surface area contributed by atoms with E-state index in [1.165, 1.54) is 20.0 Å². The van der Waals surface area contributed by atoms with Gasteiger partial charge in [0.1, 0.15) is 17.0 Å². The number of nitrogens with one attached hydrogen (secondary N) is 2. The summed E-state index contributed by atoms with van der Waals surface area (Å²) in [7, 11) is 0. The maximum atomic E-state index is 14.6. The van der Waals surface area contributed by atoms with Crippen molar-refractivity contribution < 1.29 is 18.7 Å². The van der Waals surface area contributed by atoms with Crippen LogP contribution in [0, 0.1) is 0 Å². The number of amides is 2. The number of H-pyrrole nitrogens is 1. The first kappa shape index (κ1) is 24.1. The first-order chi connectivity index (χ1) is 17.4. The normalized spacial score (nSPS) is 22.4. The highest BCUT2D eigenvalue weighted by molar-refractivity contribution is 5.96. The lowest BCUT2D eigenvalue weighted by atomic mass is 9.98. The molecular formula is C25H32F2N8O2. The number of aromatic amines is 1. The number of fused-ring (bicyclic) bond motifs is 1. The molecule has 1 aliphatic carbocycles. The molecule has 12 heteroatoms. The van der Waals surface area contributed by atoms with Crippen LogP contribution in [0.1, 0.15) is 46.5 Å². The summed E-state index contributed by atoms with van der Waals surface area (Å²) in [6, 6.07) is 1.56. The Bertz CT molecular complexity index is 1350. The van der Waals surface area contributed by atoms with E-state index in [1.807, 2.05) is 9.80 Å². The smallest absolute Gasteiger partial charge is 0.322 e. The third kappa shape index (κ3) is 4.41. The molecule has 0 aromatic carbocycles. The number of aliphatic hydroxyl groups excluding tert-OH is 1. The Morgan fingerprint density at radius 1 is 1.32 bits per heavy atom. The second-order valence-corrected chi connectivity index (χ2v) is 11.7. The molecule has 6 rings (SSSR count). The molecule has 0 radical (unpaired) electrons. The number of hydrogen-bond donors (Lipinski definition) is 3. The van der Waals surface area contributed by atoms with E-state index in [-0.39, 0.29) is 37.3 Å². The zero-order valence-corrected chi connectivity index (χ0v) is 21.3. The van der Waals surface area contributed by atoms with Gasteiger partial charge in [0.2, 0.25) is 0 Å². The number of aromatic nitrogens is 5. The summed E-state index contributed by atoms with van der Waals surface area (Å²) >= 11 is 0. The molecule has 5 heterocycles. The van der Waals surface area contributed by atoms with Crippen molar-refractivity contribution in [2.75, 3.05) is 29.9 Å². The third-order valence-electron chi connectivity index (χ3n) is 7.57. The number of hydrogen-bond acceptors (Lipinski definition) is 6. The number of likely N-dealkylation sites (tertiary alicyclic amines) is 1. The summed E-state index contributed by atoms with van der Waals surface area (Å²) in [4.78, 5) is 21.4. The van der Waals surface area contributed by atoms with E-state index in [0.717, 1.165) is 12.8 Å². The van der Waals surface area contributed by atoms with Gasteiger partial charge < -0.3 is 20.2 Å². The highest BCUT2D eigenvalue weighted by atomic mass is 19.1. The Hall–Kier alpha value is -3.28. The van der Waals surface area contributed by atoms with Crippen LogP contribution in [0.5, 0.6) is 0 Å². The largest absolute Gasteiger partial charge is 0.393 e. The van der Waals surface area contributed by atoms with Crippen molar-refractivity contribution in [1.29, 1.82) is 0 Å². The molecule has 1 saturated carbocycles. The Morgan fingerprint density at radius 3 is 2.76 bits per heavy atom. The summed E-state index contributed by atoms with van der Waals surface area (Å²) in [6.07, 6.45) is 5.76. The molecule has 3 aliphatic rings. The van der Waals surface area contributed by atoms with Crippen molar-refractivity contribution in [1.82, 2.24) is 29.9 Å². The minimum absolute atomic E-state index is 0.0170. The average molecular weight is 515 g/mol. The fourth-order valence-electron chi connectivity index (χ4n) is 5.66. The molecule has 3 fully saturated rings. The number of aliphatic hydroxyl groups is 1. The monoisotopic (exact) mass is 514 g/mol. The highest BCUT2D eigenvalue weighted by Crippen LogP contribution is 2.48. The maximum absolute atomic E-state index is 14.6. The zero-order chi connectivity index (χ0) is 26.2. The summed E-state index contributed by atoms with van der Waals surface area (Å²) in [6.45, 7) is 5.47. The van der Waals surface area contributed by atoms with Crippen LogP contribution in [0.3, 0.4) is 0 Å². The van der Waals surface area contributed by atoms with Crippen molar-refractivity contribution in [2.45, 2.75) is 76.0 Å². The van der Waals surface area contributed by atoms with Crippen molar-refractivity contribution in [3.63, 3.8) is 0 Å². The number of urea groups is 1. The van der Waals surface area contributed by atoms with Crippen LogP contribution in [0.15, 0.2) is 18.5 Å². The van der Waals surface area contributed by atoms with E-state index in [4.69, 9.17) is 0 Å². The van der Waals surface area contributed by atoms with Crippen LogP contribution < -0.4 is 10.2 Å². The molecule has 1 unspecified atom stereocenters. The zero-order valence-electron chi connectivity index (χ0n) is 21.3. The Balaban J connectivity index is 1.31. The number of rotatable bonds is 5. The Labute approximate surface area is 213 Å². The van der Waals surface area contributed by atoms with Crippen molar-refractivity contribution >= 4 is 28.4 Å². The van der Waals surface area contributed by atoms with E-state index in [0.29, 0.717) is 53.2 Å². The van der Waals surface area contributed by atoms with Crippen LogP contribution in [-0.4, -0.2) is 83.6 Å². The van der Waals surface area contributed by atoms with Crippen LogP contribution in [0.25, 0.3) is 22.3 Å². The lowest BCUT2D eigenvalue weighted by Crippen LogP contribution is -2.57. The number of halogens is 2. The van der Waals surface area contributed by atoms with Crippen LogP contribution in [-0.2, 0) is 6.54 Å². The molecule has 10 nitrogen and oxygen atoms in total. The number of pyridine rings is 1. The molecule has 0 bridgehead atoms. The summed E-state index contributed by atoms with van der Waals surface area (Å²) in [5.74, 6) is 0.577. The van der Waals surface area contributed by atoms with Gasteiger partial charge in [-0.1, -0.05) is 0 Å². The fraction of sp³-hybridized carbons (Fsp3) is 0.600. The van der Waals surface area contributed by atoms with Crippen molar-refractivity contribution in [2.24, 2.45) is 0 Å². The minimum Gasteiger partial charge on any atom is -0.393 e. The van der Waals surface area contributed by atoms with Gasteiger partial charge in [0, 0.05) is 18.3 Å². The number of alkyl halides is 2. The second kappa shape index (κ2) is 8.11. The highest BCUT2D eigenvalue weighted by Gasteiger charge is 2.53. The van der Waals surface area contributed by atoms with Gasteiger partial charge in [0.15, 0.2) is 5.82 Å². The number of anilines is 2. The van der Waals surface area contributed by atoms with Gasteiger partial charge in [-0.3, -0.25) is 14.8 Å². The van der Waals surface area contributed by atoms with Crippen molar-refractivity contribution in [3.8, 4) is 11.4 Å². The van der Waals surface area contributed by atoms with Gasteiger partial charge in [0.05, 0.1) is 54.2 Å². The van der Waals surface area contributed by atoms with Crippen LogP contribution >= 0.6 is 0 Å². The minimum atomic E-state index is -1.52. The molecule has 2 amide bonds. The third-order valence-corrected chi connectivity index (χ3v) is 7.57. The molecule has 3 aromatic rings. The van der Waals surface area contributed by atoms with E-state index in [9.17, 15) is 18.7 Å². The lowest BCUT2D eigenvalue weighted by molar-refractivity contribution is 0.0527. The predicted molar refractivity (Wildman–Crippen MR) is 135 cm³/mol. The van der Waals surface area contributed by atoms with Gasteiger partial charge in [-0.15, -0.1) is 0 Å². The molecule has 3 N–H and O–H groups in total. The maximum Gasteiger partial charge on any atom is 0.322 e. The second-order valence-electron chi connectivity index (χ2n) is 11.7. The molecule has 37 heavy (non-hydrogen) atoms. The molecular weight excluding hydrogens is 482 g/mol. The fourth-order valence-corrected chi connectivity index (χ4v) is 5.66. The molecule has 1 atom stereocenters. The average Bonchev–Trinajstić information content (AvgIpc) is 3.23. The van der Waals surface area contributed by atoms with E-state index in [1.54, 1.807) is 23.9 Å². The van der Waals surface area contributed by atoms with Gasteiger partial charge in [-0.2, -0.15) is 10.2 Å². The van der Waals surface area contributed by atoms with E-state index < -0.39 is 11.3 Å². The molecule has 2 saturated heterocycles. The van der Waals surface area contributed by atoms with Gasteiger partial charge >= 0.3 is 6.03 Å². The van der Waals surface area contributed by atoms with Crippen molar-refractivity contribution in [3.05, 3.63) is 18.5 Å². The first-order valence-corrected chi connectivity index (χ1v) is 12.7. The number of carbonyl (C=O) groups is 1. The summed E-state index contributed by atoms with van der Waals surface area (Å²) in [5, 5.41) is 25.4. The first-order valence-electron chi connectivity index (χ1n) is 12.7. The number of nitrogens with zero attached hydrogens (tertiary/aromatic N) is 6. The van der Waals surface area contributed by atoms with Crippen LogP contribution in [0.2, 0.25) is 0 Å². The van der Waals surface area contributed by atoms with E-state index in [2.05, 4.69) is 25.6 Å². The standard InChI is InChI=1S/C25H32F2N8O2/c1-23(2,26)12-35-19-8-17(28-10-16(19)21(32-35)33-13-24(3,27)14-33)20-18(11-29-31-20)30-22(37)34-7-4-15(36)9-25(34)5-6-25/h8,10-11,15,36H,4-7,9,12-14H2,1-3H3,(H,29,31)(H,30,37). The topological polar surface area (TPSA) is 115 Å². The predicted octanol–water partition coefficient (Wildman–Crippen LogP) is 3.64. The Morgan fingerprint density at radius 2 is 2.08 bits per heavy atom. The summed E-state index contributed by atoms with van der Waals surface area (Å²) < 4.78 is 30.4. The molecule has 2 aliphatic heterocycles. The SMILES string of the molecule is CC(C)(F)Cn1nc(N2CC(C)(F)C2)c2cnc(-c3[nH]ncc3NC(=O)N3CCC(O)CC34CC4)cc21. The number of piperidine rings is 1. The van der Waals surface area contributed by atoms with Gasteiger partial charge in [0.25, 0.3) is 0 Å². The summed E-state index contributed by atoms with van der Waals surface area (Å²) in [5.41, 5.74) is -0.879. The number of carbonyl (C=O) groups excluding carboxylic acids is 1. The van der Waals surface area contributed by atoms with Crippen LogP contribution in [0.4, 0.5) is 25.1 Å². The van der Waals surface area contributed by atoms with E-state index >= 15 is 0 Å². The molecule has 1 spiro atoms. The quantitative estimate of drug-likeness (QED) is 0.479. The molecule has 3 aromatic heterocycles. The lowest BCUT2D eigenvalue weighted by Gasteiger charge is -2.42.